The lowest BCUT2D eigenvalue weighted by molar-refractivity contribution is 0.0753. The fourth-order valence-corrected chi connectivity index (χ4v) is 4.83. The molecule has 1 saturated heterocycles. The fraction of sp³-hybridized carbons (Fsp3) is 0.625. The fourth-order valence-electron chi connectivity index (χ4n) is 3.01. The number of fused-ring (bicyclic) bond motifs is 1. The summed E-state index contributed by atoms with van der Waals surface area (Å²) in [5.74, 6) is 1.40. The van der Waals surface area contributed by atoms with Crippen molar-refractivity contribution in [3.63, 3.8) is 0 Å². The van der Waals surface area contributed by atoms with Gasteiger partial charge in [-0.05, 0) is 31.4 Å². The number of ether oxygens (including phenoxy) is 2. The molecule has 128 valence electrons. The Hall–Kier alpha value is -1.31. The van der Waals surface area contributed by atoms with Crippen LogP contribution in [-0.4, -0.2) is 55.9 Å². The maximum atomic E-state index is 12.8. The van der Waals surface area contributed by atoms with Crippen LogP contribution in [-0.2, 0) is 10.2 Å². The van der Waals surface area contributed by atoms with E-state index in [2.05, 4.69) is 0 Å². The van der Waals surface area contributed by atoms with Gasteiger partial charge in [0.1, 0.15) is 12.7 Å². The molecule has 2 heterocycles. The predicted molar refractivity (Wildman–Crippen MR) is 87.9 cm³/mol. The van der Waals surface area contributed by atoms with Crippen molar-refractivity contribution in [2.24, 2.45) is 0 Å². The smallest absolute Gasteiger partial charge is 0.282 e. The molecule has 0 aliphatic carbocycles. The summed E-state index contributed by atoms with van der Waals surface area (Å²) >= 11 is 0. The van der Waals surface area contributed by atoms with E-state index in [1.54, 1.807) is 8.61 Å². The molecule has 0 N–H and O–H groups in total. The number of benzene rings is 1. The Labute approximate surface area is 138 Å². The van der Waals surface area contributed by atoms with E-state index >= 15 is 0 Å². The van der Waals surface area contributed by atoms with Crippen LogP contribution >= 0.6 is 0 Å². The van der Waals surface area contributed by atoms with E-state index in [0.29, 0.717) is 44.3 Å². The molecule has 0 bridgehead atoms. The topological polar surface area (TPSA) is 59.1 Å². The standard InChI is InChI=1S/C16H24N2O4S/c1-2-9-18(23(19,20)17-10-5-6-11-17)12-14-13-21-15-7-3-4-8-16(15)22-14/h3-4,7-8,14H,2,5-6,9-13H2,1H3. The minimum absolute atomic E-state index is 0.283. The van der Waals surface area contributed by atoms with E-state index in [4.69, 9.17) is 9.47 Å². The number of hydrogen-bond acceptors (Lipinski definition) is 4. The van der Waals surface area contributed by atoms with Gasteiger partial charge in [0.25, 0.3) is 10.2 Å². The van der Waals surface area contributed by atoms with Crippen LogP contribution in [0.4, 0.5) is 0 Å². The normalized spacial score (nSPS) is 21.7. The quantitative estimate of drug-likeness (QED) is 0.793. The van der Waals surface area contributed by atoms with Crippen molar-refractivity contribution in [2.45, 2.75) is 32.3 Å². The summed E-state index contributed by atoms with van der Waals surface area (Å²) in [5.41, 5.74) is 0. The molecule has 0 aromatic heterocycles. The van der Waals surface area contributed by atoms with Gasteiger partial charge in [-0.2, -0.15) is 17.0 Å². The van der Waals surface area contributed by atoms with Crippen molar-refractivity contribution in [3.05, 3.63) is 24.3 Å². The van der Waals surface area contributed by atoms with Crippen LogP contribution in [0.15, 0.2) is 24.3 Å². The molecular weight excluding hydrogens is 316 g/mol. The maximum Gasteiger partial charge on any atom is 0.282 e. The van der Waals surface area contributed by atoms with Gasteiger partial charge >= 0.3 is 0 Å². The Kier molecular flexibility index (Phi) is 5.08. The van der Waals surface area contributed by atoms with Crippen LogP contribution in [0.25, 0.3) is 0 Å². The molecular formula is C16H24N2O4S. The molecule has 2 aliphatic heterocycles. The van der Waals surface area contributed by atoms with Gasteiger partial charge in [-0.1, -0.05) is 19.1 Å². The summed E-state index contributed by atoms with van der Waals surface area (Å²) < 4.78 is 40.3. The molecule has 0 spiro atoms. The Bertz CT molecular complexity index is 629. The van der Waals surface area contributed by atoms with Crippen LogP contribution in [0.5, 0.6) is 11.5 Å². The molecule has 7 heteroatoms. The first kappa shape index (κ1) is 16.5. The van der Waals surface area contributed by atoms with Crippen LogP contribution in [0, 0.1) is 0 Å². The van der Waals surface area contributed by atoms with Gasteiger partial charge in [0.15, 0.2) is 11.5 Å². The number of nitrogens with zero attached hydrogens (tertiary/aromatic N) is 2. The van der Waals surface area contributed by atoms with Crippen molar-refractivity contribution >= 4 is 10.2 Å². The summed E-state index contributed by atoms with van der Waals surface area (Å²) in [6, 6.07) is 7.48. The summed E-state index contributed by atoms with van der Waals surface area (Å²) in [6.07, 6.45) is 2.37. The summed E-state index contributed by atoms with van der Waals surface area (Å²) in [6.45, 7) is 4.41. The van der Waals surface area contributed by atoms with E-state index in [9.17, 15) is 8.42 Å². The first-order valence-corrected chi connectivity index (χ1v) is 9.64. The predicted octanol–water partition coefficient (Wildman–Crippen LogP) is 1.88. The Balaban J connectivity index is 1.70. The Morgan fingerprint density at radius 2 is 1.91 bits per heavy atom. The lowest BCUT2D eigenvalue weighted by atomic mass is 10.2. The molecule has 1 atom stereocenters. The highest BCUT2D eigenvalue weighted by molar-refractivity contribution is 7.86. The highest BCUT2D eigenvalue weighted by Crippen LogP contribution is 2.31. The third-order valence-corrected chi connectivity index (χ3v) is 6.17. The largest absolute Gasteiger partial charge is 0.486 e. The number of rotatable bonds is 6. The zero-order valence-electron chi connectivity index (χ0n) is 13.5. The van der Waals surface area contributed by atoms with Gasteiger partial charge < -0.3 is 9.47 Å². The molecule has 1 fully saturated rings. The van der Waals surface area contributed by atoms with E-state index in [-0.39, 0.29) is 6.10 Å². The van der Waals surface area contributed by atoms with Crippen LogP contribution in [0.2, 0.25) is 0 Å². The summed E-state index contributed by atoms with van der Waals surface area (Å²) in [5, 5.41) is 0. The highest BCUT2D eigenvalue weighted by Gasteiger charge is 2.34. The lowest BCUT2D eigenvalue weighted by Gasteiger charge is -2.32. The molecule has 23 heavy (non-hydrogen) atoms. The van der Waals surface area contributed by atoms with Gasteiger partial charge in [0.2, 0.25) is 0 Å². The zero-order valence-corrected chi connectivity index (χ0v) is 14.3. The van der Waals surface area contributed by atoms with Crippen molar-refractivity contribution in [3.8, 4) is 11.5 Å². The van der Waals surface area contributed by atoms with Crippen LogP contribution < -0.4 is 9.47 Å². The molecule has 1 aromatic rings. The second kappa shape index (κ2) is 7.07. The molecule has 1 unspecified atom stereocenters. The molecule has 6 nitrogen and oxygen atoms in total. The molecule has 0 radical (unpaired) electrons. The van der Waals surface area contributed by atoms with Gasteiger partial charge in [-0.3, -0.25) is 0 Å². The van der Waals surface area contributed by atoms with E-state index in [1.807, 2.05) is 31.2 Å². The molecule has 3 rings (SSSR count). The van der Waals surface area contributed by atoms with E-state index in [0.717, 1.165) is 19.3 Å². The third kappa shape index (κ3) is 3.62. The second-order valence-electron chi connectivity index (χ2n) is 5.97. The van der Waals surface area contributed by atoms with E-state index < -0.39 is 10.2 Å². The van der Waals surface area contributed by atoms with Crippen molar-refractivity contribution in [2.75, 3.05) is 32.8 Å². The van der Waals surface area contributed by atoms with Gasteiger partial charge in [-0.15, -0.1) is 0 Å². The lowest BCUT2D eigenvalue weighted by Crippen LogP contribution is -2.48. The average molecular weight is 340 g/mol. The van der Waals surface area contributed by atoms with Crippen LogP contribution in [0.1, 0.15) is 26.2 Å². The van der Waals surface area contributed by atoms with Crippen molar-refractivity contribution in [1.29, 1.82) is 0 Å². The van der Waals surface area contributed by atoms with Gasteiger partial charge in [-0.25, -0.2) is 0 Å². The molecule has 1 aromatic carbocycles. The Morgan fingerprint density at radius 3 is 2.61 bits per heavy atom. The zero-order chi connectivity index (χ0) is 16.3. The summed E-state index contributed by atoms with van der Waals surface area (Å²) in [7, 11) is -3.41. The third-order valence-electron chi connectivity index (χ3n) is 4.17. The van der Waals surface area contributed by atoms with Crippen molar-refractivity contribution in [1.82, 2.24) is 8.61 Å². The monoisotopic (exact) mass is 340 g/mol. The first-order chi connectivity index (χ1) is 11.1. The first-order valence-electron chi connectivity index (χ1n) is 8.25. The maximum absolute atomic E-state index is 12.8. The summed E-state index contributed by atoms with van der Waals surface area (Å²) in [4.78, 5) is 0. The second-order valence-corrected chi connectivity index (χ2v) is 7.90. The molecule has 2 aliphatic rings. The SMILES string of the molecule is CCCN(CC1COc2ccccc2O1)S(=O)(=O)N1CCCC1. The van der Waals surface area contributed by atoms with Crippen molar-refractivity contribution < 1.29 is 17.9 Å². The minimum atomic E-state index is -3.41. The van der Waals surface area contributed by atoms with E-state index in [1.165, 1.54) is 0 Å². The average Bonchev–Trinajstić information content (AvgIpc) is 3.09. The number of para-hydroxylation sites is 2. The van der Waals surface area contributed by atoms with Gasteiger partial charge in [0, 0.05) is 19.6 Å². The van der Waals surface area contributed by atoms with Crippen LogP contribution in [0.3, 0.4) is 0 Å². The Morgan fingerprint density at radius 1 is 1.22 bits per heavy atom. The highest BCUT2D eigenvalue weighted by atomic mass is 32.2. The molecule has 0 amide bonds. The number of hydrogen-bond donors (Lipinski definition) is 0. The van der Waals surface area contributed by atoms with Gasteiger partial charge in [0.05, 0.1) is 6.54 Å². The minimum Gasteiger partial charge on any atom is -0.486 e. The molecule has 0 saturated carbocycles.